The second kappa shape index (κ2) is 4.19. The third kappa shape index (κ3) is 2.09. The van der Waals surface area contributed by atoms with Crippen LogP contribution in [-0.2, 0) is 4.79 Å². The number of hydrogen-bond acceptors (Lipinski definition) is 4. The third-order valence-corrected chi connectivity index (χ3v) is 5.09. The van der Waals surface area contributed by atoms with Crippen LogP contribution in [0, 0.1) is 22.2 Å². The molecular formula is C12H15N3OS. The quantitative estimate of drug-likeness (QED) is 0.774. The largest absolute Gasteiger partial charge is 0.304 e. The van der Waals surface area contributed by atoms with Crippen LogP contribution < -0.4 is 0 Å². The van der Waals surface area contributed by atoms with E-state index >= 15 is 0 Å². The van der Waals surface area contributed by atoms with Crippen molar-refractivity contribution in [3.63, 3.8) is 0 Å². The number of rotatable bonds is 1. The molecule has 0 aliphatic carbocycles. The maximum absolute atomic E-state index is 11.8. The normalized spacial score (nSPS) is 33.6. The lowest BCUT2D eigenvalue weighted by Crippen LogP contribution is -2.47. The summed E-state index contributed by atoms with van der Waals surface area (Å²) in [5, 5.41) is 18.9. The van der Waals surface area contributed by atoms with E-state index < -0.39 is 0 Å². The summed E-state index contributed by atoms with van der Waals surface area (Å²) in [5.41, 5.74) is 0.597. The zero-order valence-corrected chi connectivity index (χ0v) is 10.8. The molecule has 0 aromatic carbocycles. The van der Waals surface area contributed by atoms with Gasteiger partial charge in [0.15, 0.2) is 0 Å². The summed E-state index contributed by atoms with van der Waals surface area (Å²) in [6.45, 7) is 2.05. The topological polar surface area (TPSA) is 68.0 Å². The Labute approximate surface area is 105 Å². The molecule has 2 heterocycles. The molecule has 0 saturated carbocycles. The number of allylic oxidation sites excluding steroid dienone is 1. The van der Waals surface area contributed by atoms with E-state index in [1.54, 1.807) is 18.8 Å². The molecule has 1 unspecified atom stereocenters. The Morgan fingerprint density at radius 1 is 1.65 bits per heavy atom. The molecule has 1 saturated heterocycles. The molecule has 4 nitrogen and oxygen atoms in total. The van der Waals surface area contributed by atoms with Crippen molar-refractivity contribution < 1.29 is 4.79 Å². The molecule has 1 amide bonds. The standard InChI is InChI=1S/C12H15N3OS/c1-12(9-3-8(6-13)7-17-9)4-10(14)15(2)11(16)5-12/h7,9,14H,3-5H2,1-2H3/t9?,12-/m0/s1. The Kier molecular flexibility index (Phi) is 3.00. The van der Waals surface area contributed by atoms with Gasteiger partial charge in [0.2, 0.25) is 5.91 Å². The number of amides is 1. The summed E-state index contributed by atoms with van der Waals surface area (Å²) >= 11 is 1.63. The molecule has 17 heavy (non-hydrogen) atoms. The maximum Gasteiger partial charge on any atom is 0.228 e. The number of thioether (sulfide) groups is 1. The van der Waals surface area contributed by atoms with Crippen molar-refractivity contribution in [3.8, 4) is 6.07 Å². The van der Waals surface area contributed by atoms with Gasteiger partial charge in [-0.1, -0.05) is 6.92 Å². The van der Waals surface area contributed by atoms with Crippen LogP contribution in [0.2, 0.25) is 0 Å². The van der Waals surface area contributed by atoms with Crippen molar-refractivity contribution in [2.24, 2.45) is 5.41 Å². The van der Waals surface area contributed by atoms with Gasteiger partial charge in [-0.05, 0) is 17.2 Å². The first-order valence-electron chi connectivity index (χ1n) is 5.55. The molecule has 5 heteroatoms. The number of nitriles is 1. The minimum atomic E-state index is -0.194. The zero-order valence-electron chi connectivity index (χ0n) is 9.99. The van der Waals surface area contributed by atoms with Gasteiger partial charge < -0.3 is 4.90 Å². The summed E-state index contributed by atoms with van der Waals surface area (Å²) in [5.74, 6) is 0.393. The number of piperidine rings is 1. The number of carbonyl (C=O) groups is 1. The van der Waals surface area contributed by atoms with Crippen LogP contribution in [-0.4, -0.2) is 28.9 Å². The molecule has 2 atom stereocenters. The first-order chi connectivity index (χ1) is 7.96. The average Bonchev–Trinajstić information content (AvgIpc) is 2.75. The SMILES string of the molecule is CN1C(=N)C[C@](C)(C2CC(C#N)=CS2)CC1=O. The number of nitrogens with zero attached hydrogens (tertiary/aromatic N) is 2. The molecule has 1 N–H and O–H groups in total. The molecule has 90 valence electrons. The minimum Gasteiger partial charge on any atom is -0.304 e. The molecule has 2 rings (SSSR count). The van der Waals surface area contributed by atoms with Gasteiger partial charge in [-0.15, -0.1) is 11.8 Å². The smallest absolute Gasteiger partial charge is 0.228 e. The van der Waals surface area contributed by atoms with E-state index in [1.165, 1.54) is 4.90 Å². The van der Waals surface area contributed by atoms with E-state index in [0.29, 0.717) is 18.7 Å². The second-order valence-corrected chi connectivity index (χ2v) is 6.07. The fourth-order valence-corrected chi connectivity index (χ4v) is 3.60. The van der Waals surface area contributed by atoms with Crippen molar-refractivity contribution in [2.45, 2.75) is 31.4 Å². The van der Waals surface area contributed by atoms with Gasteiger partial charge in [-0.25, -0.2) is 0 Å². The number of carbonyl (C=O) groups excluding carboxylic acids is 1. The average molecular weight is 249 g/mol. The molecule has 2 aliphatic heterocycles. The highest BCUT2D eigenvalue weighted by atomic mass is 32.2. The van der Waals surface area contributed by atoms with E-state index in [2.05, 4.69) is 13.0 Å². The predicted octanol–water partition coefficient (Wildman–Crippen LogP) is 2.14. The van der Waals surface area contributed by atoms with Crippen molar-refractivity contribution >= 4 is 23.5 Å². The predicted molar refractivity (Wildman–Crippen MR) is 67.5 cm³/mol. The van der Waals surface area contributed by atoms with Gasteiger partial charge in [0, 0.05) is 30.7 Å². The van der Waals surface area contributed by atoms with Crippen molar-refractivity contribution in [2.75, 3.05) is 7.05 Å². The Morgan fingerprint density at radius 3 is 2.88 bits per heavy atom. The Balaban J connectivity index is 2.14. The lowest BCUT2D eigenvalue weighted by molar-refractivity contribution is -0.130. The first kappa shape index (κ1) is 12.2. The Morgan fingerprint density at radius 2 is 2.35 bits per heavy atom. The van der Waals surface area contributed by atoms with E-state index in [9.17, 15) is 4.79 Å². The summed E-state index contributed by atoms with van der Waals surface area (Å²) < 4.78 is 0. The van der Waals surface area contributed by atoms with Crippen molar-refractivity contribution in [1.82, 2.24) is 4.90 Å². The molecule has 1 fully saturated rings. The molecular weight excluding hydrogens is 234 g/mol. The van der Waals surface area contributed by atoms with Gasteiger partial charge in [-0.2, -0.15) is 5.26 Å². The van der Waals surface area contributed by atoms with Gasteiger partial charge in [0.1, 0.15) is 5.84 Å². The van der Waals surface area contributed by atoms with Crippen LogP contribution in [0.25, 0.3) is 0 Å². The van der Waals surface area contributed by atoms with Gasteiger partial charge >= 0.3 is 0 Å². The van der Waals surface area contributed by atoms with Crippen LogP contribution in [0.1, 0.15) is 26.2 Å². The minimum absolute atomic E-state index is 0.00903. The molecule has 0 bridgehead atoms. The zero-order chi connectivity index (χ0) is 12.6. The number of likely N-dealkylation sites (tertiary alicyclic amines) is 1. The van der Waals surface area contributed by atoms with Crippen LogP contribution in [0.5, 0.6) is 0 Å². The third-order valence-electron chi connectivity index (χ3n) is 3.61. The lowest BCUT2D eigenvalue weighted by Gasteiger charge is -2.41. The van der Waals surface area contributed by atoms with E-state index in [-0.39, 0.29) is 16.6 Å². The molecule has 0 aromatic heterocycles. The first-order valence-corrected chi connectivity index (χ1v) is 6.49. The van der Waals surface area contributed by atoms with Gasteiger partial charge in [0.05, 0.1) is 6.07 Å². The maximum atomic E-state index is 11.8. The van der Waals surface area contributed by atoms with Crippen molar-refractivity contribution in [1.29, 1.82) is 10.7 Å². The van der Waals surface area contributed by atoms with Crippen LogP contribution in [0.3, 0.4) is 0 Å². The molecule has 0 aromatic rings. The summed E-state index contributed by atoms with van der Waals surface area (Å²) in [4.78, 5) is 13.3. The van der Waals surface area contributed by atoms with Gasteiger partial charge in [-0.3, -0.25) is 10.2 Å². The van der Waals surface area contributed by atoms with Crippen LogP contribution >= 0.6 is 11.8 Å². The fraction of sp³-hybridized carbons (Fsp3) is 0.583. The van der Waals surface area contributed by atoms with E-state index in [0.717, 1.165) is 12.0 Å². The summed E-state index contributed by atoms with van der Waals surface area (Å²) in [7, 11) is 1.66. The van der Waals surface area contributed by atoms with Crippen molar-refractivity contribution in [3.05, 3.63) is 11.0 Å². The monoisotopic (exact) mass is 249 g/mol. The Bertz CT molecular complexity index is 431. The second-order valence-electron chi connectivity index (χ2n) is 4.99. The van der Waals surface area contributed by atoms with Crippen LogP contribution in [0.4, 0.5) is 0 Å². The highest BCUT2D eigenvalue weighted by molar-refractivity contribution is 8.03. The fourth-order valence-electron chi connectivity index (χ4n) is 2.35. The number of nitrogens with one attached hydrogen (secondary N) is 1. The number of amidine groups is 1. The van der Waals surface area contributed by atoms with E-state index in [1.807, 2.05) is 5.41 Å². The van der Waals surface area contributed by atoms with Crippen LogP contribution in [0.15, 0.2) is 11.0 Å². The van der Waals surface area contributed by atoms with E-state index in [4.69, 9.17) is 10.7 Å². The summed E-state index contributed by atoms with van der Waals surface area (Å²) in [6.07, 6.45) is 1.80. The molecule has 0 radical (unpaired) electrons. The highest BCUT2D eigenvalue weighted by Crippen LogP contribution is 2.47. The lowest BCUT2D eigenvalue weighted by atomic mass is 9.75. The highest BCUT2D eigenvalue weighted by Gasteiger charge is 2.44. The Hall–Kier alpha value is -1.28. The molecule has 2 aliphatic rings. The molecule has 0 spiro atoms. The summed E-state index contributed by atoms with van der Waals surface area (Å²) in [6, 6.07) is 2.17. The number of hydrogen-bond donors (Lipinski definition) is 1. The van der Waals surface area contributed by atoms with Gasteiger partial charge in [0.25, 0.3) is 0 Å².